The third-order valence-corrected chi connectivity index (χ3v) is 4.64. The maximum Gasteiger partial charge on any atom is 0.326 e. The van der Waals surface area contributed by atoms with Crippen LogP contribution in [-0.2, 0) is 19.6 Å². The standard InChI is InChI=1S/C13H18N2O7S/c1-7-10(23(14,19)20)5-9(22-7)12(16)15-11(13(17)18)8-3-2-4-21-6-8/h5,8,11H,2-4,6H2,1H3,(H,15,16)(H,17,18)(H2,14,19,20). The van der Waals surface area contributed by atoms with Crippen LogP contribution in [0.5, 0.6) is 0 Å². The van der Waals surface area contributed by atoms with Crippen LogP contribution >= 0.6 is 0 Å². The van der Waals surface area contributed by atoms with E-state index in [4.69, 9.17) is 14.3 Å². The van der Waals surface area contributed by atoms with E-state index in [1.165, 1.54) is 6.92 Å². The molecule has 1 amide bonds. The molecule has 2 atom stereocenters. The van der Waals surface area contributed by atoms with Gasteiger partial charge >= 0.3 is 5.97 Å². The van der Waals surface area contributed by atoms with E-state index in [-0.39, 0.29) is 28.9 Å². The highest BCUT2D eigenvalue weighted by Crippen LogP contribution is 2.21. The maximum absolute atomic E-state index is 12.2. The van der Waals surface area contributed by atoms with Crippen LogP contribution in [0.25, 0.3) is 0 Å². The number of carboxylic acids is 1. The van der Waals surface area contributed by atoms with Crippen LogP contribution in [0.1, 0.15) is 29.2 Å². The number of amides is 1. The maximum atomic E-state index is 12.2. The van der Waals surface area contributed by atoms with Crippen molar-refractivity contribution in [2.75, 3.05) is 13.2 Å². The van der Waals surface area contributed by atoms with E-state index in [2.05, 4.69) is 5.32 Å². The summed E-state index contributed by atoms with van der Waals surface area (Å²) in [4.78, 5) is 23.2. The fourth-order valence-electron chi connectivity index (χ4n) is 2.48. The Kier molecular flexibility index (Phi) is 5.07. The summed E-state index contributed by atoms with van der Waals surface area (Å²) < 4.78 is 33.0. The van der Waals surface area contributed by atoms with Gasteiger partial charge in [0.15, 0.2) is 5.76 Å². The number of rotatable bonds is 5. The molecule has 1 saturated heterocycles. The van der Waals surface area contributed by atoms with Gasteiger partial charge in [-0.1, -0.05) is 0 Å². The molecule has 9 nitrogen and oxygen atoms in total. The highest BCUT2D eigenvalue weighted by molar-refractivity contribution is 7.89. The van der Waals surface area contributed by atoms with Crippen LogP contribution in [-0.4, -0.2) is 44.7 Å². The normalized spacial score (nSPS) is 20.0. The summed E-state index contributed by atoms with van der Waals surface area (Å²) in [7, 11) is -4.02. The SMILES string of the molecule is Cc1oc(C(=O)NC(C(=O)O)C2CCCOC2)cc1S(N)(=O)=O. The lowest BCUT2D eigenvalue weighted by Gasteiger charge is -2.27. The van der Waals surface area contributed by atoms with Crippen molar-refractivity contribution in [2.45, 2.75) is 30.7 Å². The molecular weight excluding hydrogens is 328 g/mol. The summed E-state index contributed by atoms with van der Waals surface area (Å²) in [6.45, 7) is 2.14. The Balaban J connectivity index is 2.17. The summed E-state index contributed by atoms with van der Waals surface area (Å²) in [6, 6.07) is -0.165. The molecule has 0 bridgehead atoms. The molecule has 1 aromatic rings. The molecule has 4 N–H and O–H groups in total. The van der Waals surface area contributed by atoms with E-state index >= 15 is 0 Å². The molecule has 23 heavy (non-hydrogen) atoms. The number of hydrogen-bond acceptors (Lipinski definition) is 6. The van der Waals surface area contributed by atoms with Crippen molar-refractivity contribution in [3.05, 3.63) is 17.6 Å². The molecule has 2 heterocycles. The first-order valence-corrected chi connectivity index (χ1v) is 8.49. The average molecular weight is 346 g/mol. The third kappa shape index (κ3) is 4.09. The number of nitrogens with one attached hydrogen (secondary N) is 1. The fourth-order valence-corrected chi connectivity index (χ4v) is 3.20. The minimum Gasteiger partial charge on any atom is -0.480 e. The van der Waals surface area contributed by atoms with Crippen LogP contribution in [0.4, 0.5) is 0 Å². The van der Waals surface area contributed by atoms with Crippen molar-refractivity contribution in [2.24, 2.45) is 11.1 Å². The Morgan fingerprint density at radius 3 is 2.65 bits per heavy atom. The number of sulfonamides is 1. The Labute approximate surface area is 132 Å². The van der Waals surface area contributed by atoms with Crippen molar-refractivity contribution < 1.29 is 32.3 Å². The zero-order valence-electron chi connectivity index (χ0n) is 12.4. The zero-order valence-corrected chi connectivity index (χ0v) is 13.3. The Hall–Kier alpha value is -1.91. The summed E-state index contributed by atoms with van der Waals surface area (Å²) in [5.74, 6) is -2.72. The lowest BCUT2D eigenvalue weighted by molar-refractivity contribution is -0.142. The van der Waals surface area contributed by atoms with Crippen molar-refractivity contribution >= 4 is 21.9 Å². The van der Waals surface area contributed by atoms with Crippen molar-refractivity contribution in [3.63, 3.8) is 0 Å². The summed E-state index contributed by atoms with van der Waals surface area (Å²) >= 11 is 0. The monoisotopic (exact) mass is 346 g/mol. The van der Waals surface area contributed by atoms with Crippen LogP contribution in [0.15, 0.2) is 15.4 Å². The Morgan fingerprint density at radius 1 is 1.48 bits per heavy atom. The molecule has 1 aliphatic heterocycles. The molecule has 1 aromatic heterocycles. The third-order valence-electron chi connectivity index (χ3n) is 3.62. The Morgan fingerprint density at radius 2 is 2.17 bits per heavy atom. The largest absolute Gasteiger partial charge is 0.480 e. The predicted molar refractivity (Wildman–Crippen MR) is 77.3 cm³/mol. The highest BCUT2D eigenvalue weighted by Gasteiger charge is 2.32. The van der Waals surface area contributed by atoms with Gasteiger partial charge in [-0.05, 0) is 19.8 Å². The van der Waals surface area contributed by atoms with Crippen molar-refractivity contribution in [1.82, 2.24) is 5.32 Å². The number of hydrogen-bond donors (Lipinski definition) is 3. The van der Waals surface area contributed by atoms with Crippen LogP contribution < -0.4 is 10.5 Å². The number of ether oxygens (including phenoxy) is 1. The number of aryl methyl sites for hydroxylation is 1. The smallest absolute Gasteiger partial charge is 0.326 e. The number of carboxylic acid groups (broad SMARTS) is 1. The molecule has 1 fully saturated rings. The van der Waals surface area contributed by atoms with Crippen LogP contribution in [0.2, 0.25) is 0 Å². The first-order chi connectivity index (χ1) is 10.7. The van der Waals surface area contributed by atoms with Gasteiger partial charge in [-0.25, -0.2) is 18.4 Å². The Bertz CT molecular complexity index is 704. The second-order valence-corrected chi connectivity index (χ2v) is 6.87. The fraction of sp³-hybridized carbons (Fsp3) is 0.538. The minimum atomic E-state index is -4.02. The number of carbonyl (C=O) groups excluding carboxylic acids is 1. The summed E-state index contributed by atoms with van der Waals surface area (Å²) in [6.07, 6.45) is 1.32. The molecule has 0 radical (unpaired) electrons. The lowest BCUT2D eigenvalue weighted by atomic mass is 9.93. The molecule has 2 unspecified atom stereocenters. The molecule has 10 heteroatoms. The van der Waals surface area contributed by atoms with Gasteiger partial charge in [0.1, 0.15) is 16.7 Å². The number of aliphatic carboxylic acids is 1. The number of carbonyl (C=O) groups is 2. The van der Waals surface area contributed by atoms with Gasteiger partial charge in [-0.3, -0.25) is 4.79 Å². The van der Waals surface area contributed by atoms with Gasteiger partial charge in [0.05, 0.1) is 6.61 Å². The summed E-state index contributed by atoms with van der Waals surface area (Å²) in [5.41, 5.74) is 0. The van der Waals surface area contributed by atoms with E-state index < -0.39 is 27.9 Å². The summed E-state index contributed by atoms with van der Waals surface area (Å²) in [5, 5.41) is 16.6. The van der Waals surface area contributed by atoms with E-state index in [1.807, 2.05) is 0 Å². The van der Waals surface area contributed by atoms with Gasteiger partial charge in [-0.2, -0.15) is 0 Å². The predicted octanol–water partition coefficient (Wildman–Crippen LogP) is -0.155. The molecule has 1 aliphatic rings. The molecule has 128 valence electrons. The zero-order chi connectivity index (χ0) is 17.2. The van der Waals surface area contributed by atoms with Crippen LogP contribution in [0, 0.1) is 12.8 Å². The van der Waals surface area contributed by atoms with E-state index in [0.717, 1.165) is 6.07 Å². The van der Waals surface area contributed by atoms with E-state index in [9.17, 15) is 23.1 Å². The van der Waals surface area contributed by atoms with Crippen molar-refractivity contribution in [3.8, 4) is 0 Å². The molecule has 0 aliphatic carbocycles. The number of primary sulfonamides is 1. The molecule has 0 aromatic carbocycles. The first kappa shape index (κ1) is 17.4. The van der Waals surface area contributed by atoms with Gasteiger partial charge in [0, 0.05) is 18.6 Å². The minimum absolute atomic E-state index is 0.0366. The first-order valence-electron chi connectivity index (χ1n) is 6.95. The second kappa shape index (κ2) is 6.69. The second-order valence-electron chi connectivity index (χ2n) is 5.34. The quantitative estimate of drug-likeness (QED) is 0.671. The molecule has 2 rings (SSSR count). The number of furan rings is 1. The molecule has 0 spiro atoms. The molecule has 0 saturated carbocycles. The number of nitrogens with two attached hydrogens (primary N) is 1. The van der Waals surface area contributed by atoms with Gasteiger partial charge < -0.3 is 19.6 Å². The van der Waals surface area contributed by atoms with E-state index in [0.29, 0.717) is 19.4 Å². The topological polar surface area (TPSA) is 149 Å². The van der Waals surface area contributed by atoms with E-state index in [1.54, 1.807) is 0 Å². The van der Waals surface area contributed by atoms with Crippen LogP contribution in [0.3, 0.4) is 0 Å². The van der Waals surface area contributed by atoms with Gasteiger partial charge in [0.2, 0.25) is 10.0 Å². The van der Waals surface area contributed by atoms with Crippen molar-refractivity contribution in [1.29, 1.82) is 0 Å². The lowest BCUT2D eigenvalue weighted by Crippen LogP contribution is -2.48. The highest BCUT2D eigenvalue weighted by atomic mass is 32.2. The molecular formula is C13H18N2O7S. The average Bonchev–Trinajstić information content (AvgIpc) is 2.87. The van der Waals surface area contributed by atoms with Gasteiger partial charge in [-0.15, -0.1) is 0 Å². The van der Waals surface area contributed by atoms with Gasteiger partial charge in [0.25, 0.3) is 5.91 Å².